The summed E-state index contributed by atoms with van der Waals surface area (Å²) in [5.74, 6) is 0.205. The van der Waals surface area contributed by atoms with Crippen LogP contribution < -0.4 is 0 Å². The lowest BCUT2D eigenvalue weighted by molar-refractivity contribution is -0.0809. The number of nitrogens with zero attached hydrogens (tertiary/aromatic N) is 1. The van der Waals surface area contributed by atoms with E-state index in [9.17, 15) is 4.39 Å². The van der Waals surface area contributed by atoms with Crippen molar-refractivity contribution in [2.45, 2.75) is 57.0 Å². The Morgan fingerprint density at radius 3 is 2.89 bits per heavy atom. The zero-order valence-corrected chi connectivity index (χ0v) is 10.9. The van der Waals surface area contributed by atoms with Crippen LogP contribution in [0.25, 0.3) is 0 Å². The van der Waals surface area contributed by atoms with E-state index in [-0.39, 0.29) is 11.4 Å². The van der Waals surface area contributed by atoms with Gasteiger partial charge < -0.3 is 4.74 Å². The maximum absolute atomic E-state index is 13.1. The van der Waals surface area contributed by atoms with Crippen molar-refractivity contribution >= 4 is 0 Å². The maximum Gasteiger partial charge on any atom is 0.141 e. The molecule has 0 radical (unpaired) electrons. The van der Waals surface area contributed by atoms with Gasteiger partial charge in [0.05, 0.1) is 11.8 Å². The van der Waals surface area contributed by atoms with Gasteiger partial charge in [0.1, 0.15) is 5.82 Å². The van der Waals surface area contributed by atoms with Crippen LogP contribution in [0.1, 0.15) is 55.7 Å². The van der Waals surface area contributed by atoms with Crippen molar-refractivity contribution in [3.05, 3.63) is 29.3 Å². The average molecular weight is 249 g/mol. The Hall–Kier alpha value is -0.960. The zero-order chi connectivity index (χ0) is 12.6. The molecule has 1 saturated heterocycles. The van der Waals surface area contributed by atoms with E-state index in [1.54, 1.807) is 6.07 Å². The lowest BCUT2D eigenvalue weighted by Crippen LogP contribution is -2.36. The van der Waals surface area contributed by atoms with Gasteiger partial charge in [0.15, 0.2) is 0 Å². The molecular weight excluding hydrogens is 229 g/mol. The third kappa shape index (κ3) is 2.16. The highest BCUT2D eigenvalue weighted by Gasteiger charge is 2.40. The second-order valence-corrected chi connectivity index (χ2v) is 5.78. The highest BCUT2D eigenvalue weighted by Crippen LogP contribution is 2.45. The predicted octanol–water partition coefficient (Wildman–Crippen LogP) is 3.74. The predicted molar refractivity (Wildman–Crippen MR) is 68.1 cm³/mol. The third-order valence-electron chi connectivity index (χ3n) is 4.48. The van der Waals surface area contributed by atoms with E-state index in [4.69, 9.17) is 4.74 Å². The van der Waals surface area contributed by atoms with E-state index in [0.29, 0.717) is 5.92 Å². The minimum absolute atomic E-state index is 0.103. The maximum atomic E-state index is 13.1. The molecule has 0 bridgehead atoms. The molecule has 0 aromatic carbocycles. The second kappa shape index (κ2) is 4.61. The van der Waals surface area contributed by atoms with Crippen LogP contribution in [0.15, 0.2) is 12.3 Å². The van der Waals surface area contributed by atoms with E-state index in [1.165, 1.54) is 31.9 Å². The van der Waals surface area contributed by atoms with Crippen molar-refractivity contribution in [3.63, 3.8) is 0 Å². The van der Waals surface area contributed by atoms with Crippen molar-refractivity contribution in [1.29, 1.82) is 0 Å². The van der Waals surface area contributed by atoms with Crippen molar-refractivity contribution in [2.24, 2.45) is 0 Å². The molecule has 1 unspecified atom stereocenters. The molecule has 1 aliphatic carbocycles. The number of pyridine rings is 1. The standard InChI is InChI=1S/C15H20FNO/c1-11-8-13(16)10-17-14(11)12-4-7-18-15(9-12)5-2-3-6-15/h8,10,12H,2-7,9H2,1H3. The van der Waals surface area contributed by atoms with Gasteiger partial charge in [-0.15, -0.1) is 0 Å². The van der Waals surface area contributed by atoms with Gasteiger partial charge in [0, 0.05) is 18.2 Å². The van der Waals surface area contributed by atoms with Gasteiger partial charge in [-0.3, -0.25) is 4.98 Å². The fraction of sp³-hybridized carbons (Fsp3) is 0.667. The summed E-state index contributed by atoms with van der Waals surface area (Å²) in [6, 6.07) is 1.60. The fourth-order valence-corrected chi connectivity index (χ4v) is 3.61. The van der Waals surface area contributed by atoms with Crippen molar-refractivity contribution in [1.82, 2.24) is 4.98 Å². The molecule has 1 aliphatic heterocycles. The molecule has 2 fully saturated rings. The second-order valence-electron chi connectivity index (χ2n) is 5.78. The molecule has 1 saturated carbocycles. The molecule has 3 heteroatoms. The van der Waals surface area contributed by atoms with Crippen molar-refractivity contribution in [2.75, 3.05) is 6.61 Å². The van der Waals surface area contributed by atoms with E-state index >= 15 is 0 Å². The average Bonchev–Trinajstić information content (AvgIpc) is 2.77. The number of ether oxygens (including phenoxy) is 1. The summed E-state index contributed by atoms with van der Waals surface area (Å²) in [7, 11) is 0. The van der Waals surface area contributed by atoms with Crippen LogP contribution in [0, 0.1) is 12.7 Å². The van der Waals surface area contributed by atoms with Gasteiger partial charge in [-0.25, -0.2) is 4.39 Å². The first kappa shape index (κ1) is 12.1. The van der Waals surface area contributed by atoms with Crippen LogP contribution in [0.5, 0.6) is 0 Å². The molecule has 3 rings (SSSR count). The number of halogens is 1. The number of aryl methyl sites for hydroxylation is 1. The van der Waals surface area contributed by atoms with E-state index < -0.39 is 0 Å². The summed E-state index contributed by atoms with van der Waals surface area (Å²) in [6.45, 7) is 2.78. The largest absolute Gasteiger partial charge is 0.375 e. The summed E-state index contributed by atoms with van der Waals surface area (Å²) in [6.07, 6.45) is 8.35. The van der Waals surface area contributed by atoms with Crippen LogP contribution in [0.2, 0.25) is 0 Å². The third-order valence-corrected chi connectivity index (χ3v) is 4.48. The molecule has 1 spiro atoms. The van der Waals surface area contributed by atoms with Crippen molar-refractivity contribution in [3.8, 4) is 0 Å². The number of rotatable bonds is 1. The van der Waals surface area contributed by atoms with Gasteiger partial charge in [0.2, 0.25) is 0 Å². The van der Waals surface area contributed by atoms with Gasteiger partial charge >= 0.3 is 0 Å². The molecule has 0 amide bonds. The number of hydrogen-bond acceptors (Lipinski definition) is 2. The fourth-order valence-electron chi connectivity index (χ4n) is 3.61. The monoisotopic (exact) mass is 249 g/mol. The molecule has 2 heterocycles. The molecular formula is C15H20FNO. The Bertz CT molecular complexity index is 440. The SMILES string of the molecule is Cc1cc(F)cnc1C1CCOC2(CCCC2)C1. The minimum atomic E-state index is -0.237. The summed E-state index contributed by atoms with van der Waals surface area (Å²) in [4.78, 5) is 4.33. The smallest absolute Gasteiger partial charge is 0.141 e. The number of aromatic nitrogens is 1. The van der Waals surface area contributed by atoms with Crippen LogP contribution >= 0.6 is 0 Å². The Morgan fingerprint density at radius 2 is 2.17 bits per heavy atom. The van der Waals surface area contributed by atoms with E-state index in [1.807, 2.05) is 6.92 Å². The molecule has 1 atom stereocenters. The van der Waals surface area contributed by atoms with E-state index in [2.05, 4.69) is 4.98 Å². The number of hydrogen-bond donors (Lipinski definition) is 0. The Kier molecular flexibility index (Phi) is 3.10. The highest BCUT2D eigenvalue weighted by molar-refractivity contribution is 5.23. The zero-order valence-electron chi connectivity index (χ0n) is 10.9. The lowest BCUT2D eigenvalue weighted by Gasteiger charge is -2.38. The normalized spacial score (nSPS) is 26.7. The first-order chi connectivity index (χ1) is 8.69. The Morgan fingerprint density at radius 1 is 1.39 bits per heavy atom. The quantitative estimate of drug-likeness (QED) is 0.756. The molecule has 98 valence electrons. The molecule has 2 nitrogen and oxygen atoms in total. The minimum Gasteiger partial charge on any atom is -0.375 e. The lowest BCUT2D eigenvalue weighted by atomic mass is 9.81. The first-order valence-electron chi connectivity index (χ1n) is 6.95. The van der Waals surface area contributed by atoms with Crippen LogP contribution in [0.3, 0.4) is 0 Å². The van der Waals surface area contributed by atoms with Gasteiger partial charge in [-0.1, -0.05) is 12.8 Å². The van der Waals surface area contributed by atoms with Gasteiger partial charge in [-0.2, -0.15) is 0 Å². The Labute approximate surface area is 108 Å². The molecule has 1 aromatic heterocycles. The van der Waals surface area contributed by atoms with Crippen LogP contribution in [-0.4, -0.2) is 17.2 Å². The van der Waals surface area contributed by atoms with Crippen LogP contribution in [0.4, 0.5) is 4.39 Å². The topological polar surface area (TPSA) is 22.1 Å². The molecule has 0 N–H and O–H groups in total. The first-order valence-corrected chi connectivity index (χ1v) is 6.95. The molecule has 18 heavy (non-hydrogen) atoms. The van der Waals surface area contributed by atoms with Crippen molar-refractivity contribution < 1.29 is 9.13 Å². The molecule has 1 aromatic rings. The van der Waals surface area contributed by atoms with Gasteiger partial charge in [0.25, 0.3) is 0 Å². The summed E-state index contributed by atoms with van der Waals surface area (Å²) >= 11 is 0. The summed E-state index contributed by atoms with van der Waals surface area (Å²) < 4.78 is 19.2. The van der Waals surface area contributed by atoms with Gasteiger partial charge in [-0.05, 0) is 44.2 Å². The summed E-state index contributed by atoms with van der Waals surface area (Å²) in [5, 5.41) is 0. The highest BCUT2D eigenvalue weighted by atomic mass is 19.1. The summed E-state index contributed by atoms with van der Waals surface area (Å²) in [5.41, 5.74) is 2.16. The molecule has 2 aliphatic rings. The van der Waals surface area contributed by atoms with Crippen LogP contribution in [-0.2, 0) is 4.74 Å². The van der Waals surface area contributed by atoms with E-state index in [0.717, 1.165) is 30.7 Å². The Balaban J connectivity index is 1.83.